The number of likely N-dealkylation sites (N-methyl/N-ethyl adjacent to an activating group) is 1. The van der Waals surface area contributed by atoms with Crippen LogP contribution in [0.5, 0.6) is 0 Å². The molecule has 0 aliphatic carbocycles. The number of allylic oxidation sites excluding steroid dienone is 4. The van der Waals surface area contributed by atoms with Gasteiger partial charge in [0.15, 0.2) is 0 Å². The standard InChI is InChI=1S/C38H74N2O4/c1-5-7-9-11-13-15-17-18-19-20-21-22-24-26-28-30-33-43-36-37(39-38(41)44-34-31-40(3)4)35-42-32-29-27-25-23-16-14-12-10-8-6-2/h13,15,18-19,37H,5-12,14,16-17,20-36H2,1-4H3,(H,39,41). The van der Waals surface area contributed by atoms with Crippen molar-refractivity contribution >= 4 is 6.09 Å². The van der Waals surface area contributed by atoms with Crippen molar-refractivity contribution in [1.82, 2.24) is 10.2 Å². The average molecular weight is 623 g/mol. The molecule has 0 aromatic heterocycles. The van der Waals surface area contributed by atoms with Gasteiger partial charge < -0.3 is 24.4 Å². The van der Waals surface area contributed by atoms with E-state index < -0.39 is 6.09 Å². The summed E-state index contributed by atoms with van der Waals surface area (Å²) in [7, 11) is 3.93. The van der Waals surface area contributed by atoms with E-state index in [-0.39, 0.29) is 6.04 Å². The van der Waals surface area contributed by atoms with E-state index >= 15 is 0 Å². The highest BCUT2D eigenvalue weighted by Crippen LogP contribution is 2.11. The summed E-state index contributed by atoms with van der Waals surface area (Å²) in [4.78, 5) is 14.3. The molecule has 1 amide bonds. The van der Waals surface area contributed by atoms with Crippen molar-refractivity contribution in [2.75, 3.05) is 53.7 Å². The van der Waals surface area contributed by atoms with Crippen LogP contribution in [0.3, 0.4) is 0 Å². The Morgan fingerprint density at radius 1 is 0.591 bits per heavy atom. The summed E-state index contributed by atoms with van der Waals surface area (Å²) < 4.78 is 17.2. The molecular weight excluding hydrogens is 548 g/mol. The summed E-state index contributed by atoms with van der Waals surface area (Å²) in [6, 6.07) is -0.186. The molecule has 0 aliphatic heterocycles. The van der Waals surface area contributed by atoms with Crippen molar-refractivity contribution in [3.05, 3.63) is 24.3 Å². The quantitative estimate of drug-likeness (QED) is 0.0571. The van der Waals surface area contributed by atoms with E-state index in [0.717, 1.165) is 32.5 Å². The molecule has 0 aromatic carbocycles. The SMILES string of the molecule is CCCCCC=CCC=CCCCCCCCCOCC(COCCCCCCCCCCCC)NC(=O)OCCN(C)C. The van der Waals surface area contributed by atoms with Gasteiger partial charge in [0.25, 0.3) is 0 Å². The zero-order valence-corrected chi connectivity index (χ0v) is 29.8. The number of carbonyl (C=O) groups is 1. The van der Waals surface area contributed by atoms with Crippen molar-refractivity contribution in [3.8, 4) is 0 Å². The number of nitrogens with zero attached hydrogens (tertiary/aromatic N) is 1. The van der Waals surface area contributed by atoms with E-state index in [0.29, 0.717) is 26.4 Å². The molecule has 0 bridgehead atoms. The minimum atomic E-state index is -0.392. The van der Waals surface area contributed by atoms with Gasteiger partial charge in [0, 0.05) is 19.8 Å². The number of unbranched alkanes of at least 4 members (excludes halogenated alkanes) is 18. The number of nitrogens with one attached hydrogen (secondary N) is 1. The van der Waals surface area contributed by atoms with Crippen LogP contribution in [0.2, 0.25) is 0 Å². The Morgan fingerprint density at radius 2 is 1.02 bits per heavy atom. The van der Waals surface area contributed by atoms with Gasteiger partial charge in [-0.1, -0.05) is 134 Å². The minimum Gasteiger partial charge on any atom is -0.448 e. The van der Waals surface area contributed by atoms with Gasteiger partial charge >= 0.3 is 6.09 Å². The molecule has 1 N–H and O–H groups in total. The zero-order valence-electron chi connectivity index (χ0n) is 29.8. The van der Waals surface area contributed by atoms with Gasteiger partial charge in [0.1, 0.15) is 6.61 Å². The number of carbonyl (C=O) groups excluding carboxylic acids is 1. The lowest BCUT2D eigenvalue weighted by molar-refractivity contribution is 0.0487. The fraction of sp³-hybridized carbons (Fsp3) is 0.868. The summed E-state index contributed by atoms with van der Waals surface area (Å²) in [6.07, 6.45) is 36.9. The topological polar surface area (TPSA) is 60.0 Å². The molecular formula is C38H74N2O4. The van der Waals surface area contributed by atoms with Gasteiger partial charge in [0.2, 0.25) is 0 Å². The number of amides is 1. The second-order valence-corrected chi connectivity index (χ2v) is 12.7. The third kappa shape index (κ3) is 35.1. The van der Waals surface area contributed by atoms with E-state index in [1.807, 2.05) is 19.0 Å². The van der Waals surface area contributed by atoms with Crippen LogP contribution in [0.4, 0.5) is 4.79 Å². The lowest BCUT2D eigenvalue weighted by Crippen LogP contribution is -2.42. The Bertz CT molecular complexity index is 638. The first-order valence-corrected chi connectivity index (χ1v) is 18.6. The van der Waals surface area contributed by atoms with Crippen LogP contribution in [0, 0.1) is 0 Å². The highest BCUT2D eigenvalue weighted by Gasteiger charge is 2.14. The molecule has 0 saturated carbocycles. The highest BCUT2D eigenvalue weighted by atomic mass is 16.6. The molecule has 0 rings (SSSR count). The summed E-state index contributed by atoms with van der Waals surface area (Å²) in [5, 5.41) is 2.95. The van der Waals surface area contributed by atoms with Gasteiger partial charge in [-0.15, -0.1) is 0 Å². The van der Waals surface area contributed by atoms with Crippen molar-refractivity contribution in [2.24, 2.45) is 0 Å². The molecule has 1 unspecified atom stereocenters. The first-order valence-electron chi connectivity index (χ1n) is 18.6. The number of ether oxygens (including phenoxy) is 3. The van der Waals surface area contributed by atoms with Crippen LogP contribution in [-0.2, 0) is 14.2 Å². The van der Waals surface area contributed by atoms with Crippen LogP contribution in [0.1, 0.15) is 155 Å². The van der Waals surface area contributed by atoms with Crippen LogP contribution in [0.25, 0.3) is 0 Å². The fourth-order valence-electron chi connectivity index (χ4n) is 5.00. The van der Waals surface area contributed by atoms with Crippen molar-refractivity contribution in [1.29, 1.82) is 0 Å². The predicted octanol–water partition coefficient (Wildman–Crippen LogP) is 10.4. The monoisotopic (exact) mass is 623 g/mol. The Morgan fingerprint density at radius 3 is 1.52 bits per heavy atom. The normalized spacial score (nSPS) is 12.6. The van der Waals surface area contributed by atoms with E-state index in [1.54, 1.807) is 0 Å². The summed E-state index contributed by atoms with van der Waals surface area (Å²) in [6.45, 7) is 7.98. The molecule has 0 saturated heterocycles. The van der Waals surface area contributed by atoms with Gasteiger partial charge in [-0.2, -0.15) is 0 Å². The van der Waals surface area contributed by atoms with Crippen molar-refractivity contribution in [3.63, 3.8) is 0 Å². The molecule has 0 aliphatic rings. The van der Waals surface area contributed by atoms with Gasteiger partial charge in [-0.25, -0.2) is 4.79 Å². The molecule has 0 heterocycles. The molecule has 260 valence electrons. The van der Waals surface area contributed by atoms with Crippen LogP contribution < -0.4 is 5.32 Å². The molecule has 6 nitrogen and oxygen atoms in total. The molecule has 44 heavy (non-hydrogen) atoms. The molecule has 0 fully saturated rings. The number of alkyl carbamates (subject to hydrolysis) is 1. The van der Waals surface area contributed by atoms with E-state index in [1.165, 1.54) is 122 Å². The van der Waals surface area contributed by atoms with Gasteiger partial charge in [0.05, 0.1) is 19.3 Å². The lowest BCUT2D eigenvalue weighted by atomic mass is 10.1. The van der Waals surface area contributed by atoms with E-state index in [9.17, 15) is 4.79 Å². The van der Waals surface area contributed by atoms with E-state index in [2.05, 4.69) is 43.5 Å². The van der Waals surface area contributed by atoms with Crippen molar-refractivity contribution < 1.29 is 19.0 Å². The summed E-state index contributed by atoms with van der Waals surface area (Å²) >= 11 is 0. The summed E-state index contributed by atoms with van der Waals surface area (Å²) in [5.41, 5.74) is 0. The maximum absolute atomic E-state index is 12.3. The van der Waals surface area contributed by atoms with Crippen LogP contribution in [0.15, 0.2) is 24.3 Å². The van der Waals surface area contributed by atoms with Gasteiger partial charge in [-0.3, -0.25) is 0 Å². The third-order valence-electron chi connectivity index (χ3n) is 7.86. The van der Waals surface area contributed by atoms with Crippen molar-refractivity contribution in [2.45, 2.75) is 161 Å². The zero-order chi connectivity index (χ0) is 32.2. The molecule has 0 aromatic rings. The maximum atomic E-state index is 12.3. The Labute approximate surface area is 274 Å². The summed E-state index contributed by atoms with van der Waals surface area (Å²) in [5.74, 6) is 0. The number of hydrogen-bond acceptors (Lipinski definition) is 5. The first kappa shape index (κ1) is 42.6. The average Bonchev–Trinajstić information content (AvgIpc) is 3.00. The molecule has 0 spiro atoms. The predicted molar refractivity (Wildman–Crippen MR) is 190 cm³/mol. The number of hydrogen-bond donors (Lipinski definition) is 1. The van der Waals surface area contributed by atoms with Crippen LogP contribution >= 0.6 is 0 Å². The largest absolute Gasteiger partial charge is 0.448 e. The van der Waals surface area contributed by atoms with Gasteiger partial charge in [-0.05, 0) is 59.0 Å². The second-order valence-electron chi connectivity index (χ2n) is 12.7. The Hall–Kier alpha value is -1.37. The van der Waals surface area contributed by atoms with Crippen LogP contribution in [-0.4, -0.2) is 70.7 Å². The Balaban J connectivity index is 3.92. The van der Waals surface area contributed by atoms with E-state index in [4.69, 9.17) is 14.2 Å². The maximum Gasteiger partial charge on any atom is 0.407 e. The lowest BCUT2D eigenvalue weighted by Gasteiger charge is -2.19. The second kappa shape index (κ2) is 36.1. The molecule has 1 atom stereocenters. The first-order chi connectivity index (χ1) is 21.6. The molecule has 6 heteroatoms. The fourth-order valence-corrected chi connectivity index (χ4v) is 5.00. The highest BCUT2D eigenvalue weighted by molar-refractivity contribution is 5.67. The smallest absolute Gasteiger partial charge is 0.407 e. The number of rotatable bonds is 34. The minimum absolute atomic E-state index is 0.186. The third-order valence-corrected chi connectivity index (χ3v) is 7.86. The molecule has 0 radical (unpaired) electrons. The Kier molecular flexibility index (Phi) is 35.0.